The molecule has 1 aliphatic rings. The van der Waals surface area contributed by atoms with E-state index in [-0.39, 0.29) is 0 Å². The van der Waals surface area contributed by atoms with Gasteiger partial charge in [0.15, 0.2) is 0 Å². The van der Waals surface area contributed by atoms with Gasteiger partial charge in [-0.05, 0) is 68.6 Å². The minimum atomic E-state index is 0.382. The Labute approximate surface area is 151 Å². The zero-order valence-electron chi connectivity index (χ0n) is 15.4. The van der Waals surface area contributed by atoms with Gasteiger partial charge in [-0.15, -0.1) is 0 Å². The fourth-order valence-corrected chi connectivity index (χ4v) is 4.09. The standard InChI is InChI=1S/C22H30N2O/c1-23(2)16-20-17-24(13-11-18-7-4-3-5-8-18)14-12-22(20)19-9-6-10-21(25)15-19/h3-10,15,20,22,25H,11-14,16-17H2,1-2H3. The van der Waals surface area contributed by atoms with E-state index in [4.69, 9.17) is 0 Å². The lowest BCUT2D eigenvalue weighted by atomic mass is 9.80. The molecule has 1 heterocycles. The molecule has 3 nitrogen and oxygen atoms in total. The van der Waals surface area contributed by atoms with Gasteiger partial charge in [0.1, 0.15) is 5.75 Å². The second kappa shape index (κ2) is 8.50. The molecule has 3 rings (SSSR count). The Morgan fingerprint density at radius 3 is 2.60 bits per heavy atom. The van der Waals surface area contributed by atoms with Crippen LogP contribution in [-0.4, -0.2) is 55.2 Å². The van der Waals surface area contributed by atoms with Crippen LogP contribution in [0.15, 0.2) is 54.6 Å². The molecule has 0 saturated carbocycles. The molecule has 2 unspecified atom stereocenters. The van der Waals surface area contributed by atoms with E-state index in [2.05, 4.69) is 60.3 Å². The highest BCUT2D eigenvalue weighted by Crippen LogP contribution is 2.34. The lowest BCUT2D eigenvalue weighted by Gasteiger charge is -2.40. The van der Waals surface area contributed by atoms with Gasteiger partial charge >= 0.3 is 0 Å². The molecule has 3 heteroatoms. The smallest absolute Gasteiger partial charge is 0.115 e. The zero-order valence-corrected chi connectivity index (χ0v) is 15.4. The third-order valence-corrected chi connectivity index (χ3v) is 5.28. The van der Waals surface area contributed by atoms with Crippen molar-refractivity contribution in [3.05, 3.63) is 65.7 Å². The minimum Gasteiger partial charge on any atom is -0.508 e. The summed E-state index contributed by atoms with van der Waals surface area (Å²) >= 11 is 0. The van der Waals surface area contributed by atoms with E-state index in [1.54, 1.807) is 6.07 Å². The number of piperidine rings is 1. The van der Waals surface area contributed by atoms with Crippen molar-refractivity contribution in [2.24, 2.45) is 5.92 Å². The molecule has 0 radical (unpaired) electrons. The Morgan fingerprint density at radius 1 is 1.08 bits per heavy atom. The fourth-order valence-electron chi connectivity index (χ4n) is 4.09. The molecular weight excluding hydrogens is 308 g/mol. The number of benzene rings is 2. The Hall–Kier alpha value is -1.84. The lowest BCUT2D eigenvalue weighted by molar-refractivity contribution is 0.132. The van der Waals surface area contributed by atoms with Crippen LogP contribution >= 0.6 is 0 Å². The first-order valence-electron chi connectivity index (χ1n) is 9.32. The Balaban J connectivity index is 1.65. The van der Waals surface area contributed by atoms with Crippen LogP contribution in [0.25, 0.3) is 0 Å². The van der Waals surface area contributed by atoms with Gasteiger partial charge in [-0.2, -0.15) is 0 Å². The second-order valence-corrected chi connectivity index (χ2v) is 7.55. The van der Waals surface area contributed by atoms with Crippen molar-refractivity contribution in [2.45, 2.75) is 18.8 Å². The summed E-state index contributed by atoms with van der Waals surface area (Å²) in [5.41, 5.74) is 2.70. The first-order valence-corrected chi connectivity index (χ1v) is 9.32. The summed E-state index contributed by atoms with van der Waals surface area (Å²) in [6.45, 7) is 4.48. The minimum absolute atomic E-state index is 0.382. The van der Waals surface area contributed by atoms with E-state index in [1.165, 1.54) is 11.1 Å². The normalized spacial score (nSPS) is 21.6. The van der Waals surface area contributed by atoms with Crippen LogP contribution in [-0.2, 0) is 6.42 Å². The third-order valence-electron chi connectivity index (χ3n) is 5.28. The van der Waals surface area contributed by atoms with Crippen molar-refractivity contribution in [3.63, 3.8) is 0 Å². The van der Waals surface area contributed by atoms with Crippen LogP contribution in [0, 0.1) is 5.92 Å². The maximum atomic E-state index is 9.85. The van der Waals surface area contributed by atoms with Crippen molar-refractivity contribution >= 4 is 0 Å². The number of hydrogen-bond donors (Lipinski definition) is 1. The van der Waals surface area contributed by atoms with Crippen LogP contribution in [0.2, 0.25) is 0 Å². The molecular formula is C22H30N2O. The number of likely N-dealkylation sites (tertiary alicyclic amines) is 1. The summed E-state index contributed by atoms with van der Waals surface area (Å²) in [7, 11) is 4.31. The van der Waals surface area contributed by atoms with Gasteiger partial charge in [0.2, 0.25) is 0 Å². The highest BCUT2D eigenvalue weighted by Gasteiger charge is 2.30. The van der Waals surface area contributed by atoms with Crippen LogP contribution in [0.4, 0.5) is 0 Å². The van der Waals surface area contributed by atoms with Crippen molar-refractivity contribution in [2.75, 3.05) is 40.3 Å². The maximum Gasteiger partial charge on any atom is 0.115 e. The van der Waals surface area contributed by atoms with Gasteiger partial charge in [-0.25, -0.2) is 0 Å². The lowest BCUT2D eigenvalue weighted by Crippen LogP contribution is -2.44. The van der Waals surface area contributed by atoms with Crippen molar-refractivity contribution in [1.29, 1.82) is 0 Å². The molecule has 25 heavy (non-hydrogen) atoms. The van der Waals surface area contributed by atoms with Gasteiger partial charge in [-0.3, -0.25) is 0 Å². The fraction of sp³-hybridized carbons (Fsp3) is 0.455. The number of rotatable bonds is 6. The number of aromatic hydroxyl groups is 1. The van der Waals surface area contributed by atoms with Gasteiger partial charge in [0.25, 0.3) is 0 Å². The monoisotopic (exact) mass is 338 g/mol. The molecule has 1 fully saturated rings. The van der Waals surface area contributed by atoms with Gasteiger partial charge in [0.05, 0.1) is 0 Å². The summed E-state index contributed by atoms with van der Waals surface area (Å²) in [5, 5.41) is 9.85. The predicted molar refractivity (Wildman–Crippen MR) is 104 cm³/mol. The molecule has 1 N–H and O–H groups in total. The van der Waals surface area contributed by atoms with E-state index in [1.807, 2.05) is 12.1 Å². The van der Waals surface area contributed by atoms with Crippen LogP contribution in [0.3, 0.4) is 0 Å². The van der Waals surface area contributed by atoms with Crippen LogP contribution < -0.4 is 0 Å². The summed E-state index contributed by atoms with van der Waals surface area (Å²) in [6.07, 6.45) is 2.28. The quantitative estimate of drug-likeness (QED) is 0.872. The van der Waals surface area contributed by atoms with Crippen LogP contribution in [0.5, 0.6) is 5.75 Å². The molecule has 2 atom stereocenters. The number of nitrogens with zero attached hydrogens (tertiary/aromatic N) is 2. The predicted octanol–water partition coefficient (Wildman–Crippen LogP) is 3.60. The van der Waals surface area contributed by atoms with Crippen molar-refractivity contribution in [1.82, 2.24) is 9.80 Å². The molecule has 2 aromatic carbocycles. The summed E-state index contributed by atoms with van der Waals surface area (Å²) in [6, 6.07) is 18.6. The van der Waals surface area contributed by atoms with E-state index in [0.717, 1.165) is 39.0 Å². The van der Waals surface area contributed by atoms with Crippen molar-refractivity contribution in [3.8, 4) is 5.75 Å². The van der Waals surface area contributed by atoms with Gasteiger partial charge in [0, 0.05) is 19.6 Å². The van der Waals surface area contributed by atoms with Gasteiger partial charge in [-0.1, -0.05) is 42.5 Å². The first-order chi connectivity index (χ1) is 12.1. The Kier molecular flexibility index (Phi) is 6.11. The molecule has 2 aromatic rings. The number of phenolic OH excluding ortho intramolecular Hbond substituents is 1. The number of hydrogen-bond acceptors (Lipinski definition) is 3. The molecule has 1 saturated heterocycles. The number of phenols is 1. The summed E-state index contributed by atoms with van der Waals surface area (Å²) in [5.74, 6) is 1.51. The molecule has 0 bridgehead atoms. The topological polar surface area (TPSA) is 26.7 Å². The molecule has 134 valence electrons. The zero-order chi connectivity index (χ0) is 17.6. The summed E-state index contributed by atoms with van der Waals surface area (Å²) in [4.78, 5) is 4.90. The van der Waals surface area contributed by atoms with E-state index < -0.39 is 0 Å². The average molecular weight is 338 g/mol. The molecule has 0 amide bonds. The second-order valence-electron chi connectivity index (χ2n) is 7.55. The van der Waals surface area contributed by atoms with E-state index >= 15 is 0 Å². The highest BCUT2D eigenvalue weighted by molar-refractivity contribution is 5.30. The molecule has 0 aromatic heterocycles. The summed E-state index contributed by atoms with van der Waals surface area (Å²) < 4.78 is 0. The van der Waals surface area contributed by atoms with Crippen molar-refractivity contribution < 1.29 is 5.11 Å². The van der Waals surface area contributed by atoms with E-state index in [9.17, 15) is 5.11 Å². The highest BCUT2D eigenvalue weighted by atomic mass is 16.3. The molecule has 0 aliphatic carbocycles. The Bertz CT molecular complexity index is 656. The maximum absolute atomic E-state index is 9.85. The average Bonchev–Trinajstić information content (AvgIpc) is 2.60. The Morgan fingerprint density at radius 2 is 1.88 bits per heavy atom. The van der Waals surface area contributed by atoms with Gasteiger partial charge < -0.3 is 14.9 Å². The SMILES string of the molecule is CN(C)CC1CN(CCc2ccccc2)CCC1c1cccc(O)c1. The largest absolute Gasteiger partial charge is 0.508 e. The molecule has 1 aliphatic heterocycles. The van der Waals surface area contributed by atoms with Crippen LogP contribution in [0.1, 0.15) is 23.5 Å². The van der Waals surface area contributed by atoms with E-state index in [0.29, 0.717) is 17.6 Å². The third kappa shape index (κ3) is 5.07. The molecule has 0 spiro atoms. The first kappa shape index (κ1) is 18.0.